The van der Waals surface area contributed by atoms with Gasteiger partial charge in [0, 0.05) is 11.3 Å². The summed E-state index contributed by atoms with van der Waals surface area (Å²) in [5.74, 6) is 0.814. The Kier molecular flexibility index (Phi) is 7.02. The molecule has 3 aromatic carbocycles. The van der Waals surface area contributed by atoms with Gasteiger partial charge in [-0.2, -0.15) is 0 Å². The lowest BCUT2D eigenvalue weighted by Crippen LogP contribution is -2.12. The van der Waals surface area contributed by atoms with E-state index in [4.69, 9.17) is 32.7 Å². The Labute approximate surface area is 180 Å². The van der Waals surface area contributed by atoms with Crippen LogP contribution in [0.25, 0.3) is 0 Å². The van der Waals surface area contributed by atoms with Crippen molar-refractivity contribution in [3.8, 4) is 11.5 Å². The molecule has 0 aliphatic rings. The molecule has 0 saturated heterocycles. The molecule has 0 saturated carbocycles. The average Bonchev–Trinajstić information content (AvgIpc) is 2.71. The van der Waals surface area contributed by atoms with E-state index in [9.17, 15) is 4.79 Å². The Bertz CT molecular complexity index is 1000. The van der Waals surface area contributed by atoms with Gasteiger partial charge in [0.2, 0.25) is 0 Å². The predicted octanol–water partition coefficient (Wildman–Crippen LogP) is 6.53. The number of hydrogen-bond donors (Lipinski definition) is 1. The molecule has 3 rings (SSSR count). The molecule has 150 valence electrons. The maximum absolute atomic E-state index is 12.6. The molecule has 0 heterocycles. The van der Waals surface area contributed by atoms with Crippen LogP contribution in [0, 0.1) is 6.92 Å². The van der Waals surface area contributed by atoms with Gasteiger partial charge in [-0.05, 0) is 55.8 Å². The lowest BCUT2D eigenvalue weighted by Gasteiger charge is -2.14. The van der Waals surface area contributed by atoms with Gasteiger partial charge < -0.3 is 14.8 Å². The Morgan fingerprint density at radius 1 is 0.897 bits per heavy atom. The topological polar surface area (TPSA) is 47.6 Å². The molecule has 6 heteroatoms. The molecule has 4 nitrogen and oxygen atoms in total. The van der Waals surface area contributed by atoms with Crippen LogP contribution in [0.2, 0.25) is 10.0 Å². The highest BCUT2D eigenvalue weighted by atomic mass is 35.5. The van der Waals surface area contributed by atoms with E-state index < -0.39 is 0 Å². The van der Waals surface area contributed by atoms with E-state index in [1.807, 2.05) is 38.1 Å². The van der Waals surface area contributed by atoms with Gasteiger partial charge in [-0.25, -0.2) is 0 Å². The van der Waals surface area contributed by atoms with Gasteiger partial charge >= 0.3 is 0 Å². The van der Waals surface area contributed by atoms with Crippen LogP contribution in [0.4, 0.5) is 5.69 Å². The van der Waals surface area contributed by atoms with E-state index in [1.54, 1.807) is 36.4 Å². The molecule has 3 aromatic rings. The first-order valence-electron chi connectivity index (χ1n) is 9.18. The van der Waals surface area contributed by atoms with Crippen LogP contribution >= 0.6 is 23.2 Å². The van der Waals surface area contributed by atoms with Crippen molar-refractivity contribution in [1.29, 1.82) is 0 Å². The summed E-state index contributed by atoms with van der Waals surface area (Å²) in [4.78, 5) is 12.6. The number of ether oxygens (including phenoxy) is 2. The molecule has 0 atom stereocenters. The van der Waals surface area contributed by atoms with Crippen LogP contribution in [0.15, 0.2) is 60.7 Å². The summed E-state index contributed by atoms with van der Waals surface area (Å²) >= 11 is 11.9. The van der Waals surface area contributed by atoms with Crippen molar-refractivity contribution in [3.63, 3.8) is 0 Å². The van der Waals surface area contributed by atoms with E-state index in [2.05, 4.69) is 5.32 Å². The van der Waals surface area contributed by atoms with E-state index in [0.29, 0.717) is 46.0 Å². The normalized spacial score (nSPS) is 10.5. The van der Waals surface area contributed by atoms with Crippen LogP contribution in [0.3, 0.4) is 0 Å². The number of halogens is 2. The van der Waals surface area contributed by atoms with Gasteiger partial charge in [-0.15, -0.1) is 0 Å². The number of nitrogens with one attached hydrogen (secondary N) is 1. The van der Waals surface area contributed by atoms with Crippen molar-refractivity contribution in [2.45, 2.75) is 20.5 Å². The number of aryl methyl sites for hydroxylation is 1. The zero-order valence-electron chi connectivity index (χ0n) is 16.2. The zero-order valence-corrected chi connectivity index (χ0v) is 17.7. The molecular formula is C23H21Cl2NO3. The quantitative estimate of drug-likeness (QED) is 0.464. The fraction of sp³-hybridized carbons (Fsp3) is 0.174. The number of anilines is 1. The average molecular weight is 430 g/mol. The third-order valence-electron chi connectivity index (χ3n) is 4.20. The second kappa shape index (κ2) is 9.68. The Hall–Kier alpha value is -2.69. The summed E-state index contributed by atoms with van der Waals surface area (Å²) in [5, 5.41) is 3.60. The SMILES string of the molecule is CCOc1cc(C(=O)Nc2ccc(Cl)c(Cl)c2)ccc1OCc1ccc(C)cc1. The summed E-state index contributed by atoms with van der Waals surface area (Å²) in [6.45, 7) is 4.79. The van der Waals surface area contributed by atoms with Gasteiger partial charge in [0.25, 0.3) is 5.91 Å². The molecule has 0 bridgehead atoms. The van der Waals surface area contributed by atoms with Gasteiger partial charge in [-0.1, -0.05) is 53.0 Å². The van der Waals surface area contributed by atoms with Crippen molar-refractivity contribution in [1.82, 2.24) is 0 Å². The molecule has 1 N–H and O–H groups in total. The van der Waals surface area contributed by atoms with Crippen LogP contribution in [0.5, 0.6) is 11.5 Å². The molecule has 0 spiro atoms. The van der Waals surface area contributed by atoms with Gasteiger partial charge in [-0.3, -0.25) is 4.79 Å². The number of amides is 1. The first-order chi connectivity index (χ1) is 14.0. The Balaban J connectivity index is 1.74. The number of carbonyl (C=O) groups is 1. The van der Waals surface area contributed by atoms with Crippen molar-refractivity contribution in [2.24, 2.45) is 0 Å². The number of benzene rings is 3. The van der Waals surface area contributed by atoms with E-state index in [0.717, 1.165) is 5.56 Å². The summed E-state index contributed by atoms with van der Waals surface area (Å²) in [7, 11) is 0. The number of rotatable bonds is 7. The Morgan fingerprint density at radius 2 is 1.66 bits per heavy atom. The minimum atomic E-state index is -0.283. The summed E-state index contributed by atoms with van der Waals surface area (Å²) in [6, 6.07) is 18.1. The summed E-state index contributed by atoms with van der Waals surface area (Å²) < 4.78 is 11.6. The highest BCUT2D eigenvalue weighted by Crippen LogP contribution is 2.30. The van der Waals surface area contributed by atoms with Crippen LogP contribution in [0.1, 0.15) is 28.4 Å². The second-order valence-electron chi connectivity index (χ2n) is 6.45. The highest BCUT2D eigenvalue weighted by Gasteiger charge is 2.13. The van der Waals surface area contributed by atoms with Crippen LogP contribution < -0.4 is 14.8 Å². The maximum atomic E-state index is 12.6. The molecule has 0 aliphatic heterocycles. The first kappa shape index (κ1) is 21.0. The third kappa shape index (κ3) is 5.66. The Morgan fingerprint density at radius 3 is 2.34 bits per heavy atom. The van der Waals surface area contributed by atoms with Gasteiger partial charge in [0.1, 0.15) is 6.61 Å². The molecular weight excluding hydrogens is 409 g/mol. The molecule has 0 aromatic heterocycles. The van der Waals surface area contributed by atoms with Crippen molar-refractivity contribution in [2.75, 3.05) is 11.9 Å². The number of carbonyl (C=O) groups excluding carboxylic acids is 1. The van der Waals surface area contributed by atoms with Crippen LogP contribution in [-0.4, -0.2) is 12.5 Å². The smallest absolute Gasteiger partial charge is 0.255 e. The predicted molar refractivity (Wildman–Crippen MR) is 118 cm³/mol. The molecule has 0 radical (unpaired) electrons. The monoisotopic (exact) mass is 429 g/mol. The highest BCUT2D eigenvalue weighted by molar-refractivity contribution is 6.42. The molecule has 1 amide bonds. The lowest BCUT2D eigenvalue weighted by atomic mass is 10.1. The maximum Gasteiger partial charge on any atom is 0.255 e. The van der Waals surface area contributed by atoms with Crippen LogP contribution in [-0.2, 0) is 6.61 Å². The third-order valence-corrected chi connectivity index (χ3v) is 4.94. The molecule has 0 fully saturated rings. The minimum absolute atomic E-state index is 0.283. The van der Waals surface area contributed by atoms with E-state index in [1.165, 1.54) is 5.56 Å². The van der Waals surface area contributed by atoms with Crippen molar-refractivity contribution >= 4 is 34.8 Å². The van der Waals surface area contributed by atoms with E-state index >= 15 is 0 Å². The minimum Gasteiger partial charge on any atom is -0.490 e. The fourth-order valence-electron chi connectivity index (χ4n) is 2.66. The second-order valence-corrected chi connectivity index (χ2v) is 7.27. The number of hydrogen-bond acceptors (Lipinski definition) is 3. The van der Waals surface area contributed by atoms with E-state index in [-0.39, 0.29) is 5.91 Å². The fourth-order valence-corrected chi connectivity index (χ4v) is 2.96. The lowest BCUT2D eigenvalue weighted by molar-refractivity contribution is 0.102. The largest absolute Gasteiger partial charge is 0.490 e. The molecule has 0 unspecified atom stereocenters. The standard InChI is InChI=1S/C23H21Cl2NO3/c1-3-28-22-12-17(23(27)26-18-9-10-19(24)20(25)13-18)8-11-21(22)29-14-16-6-4-15(2)5-7-16/h4-13H,3,14H2,1-2H3,(H,26,27). The van der Waals surface area contributed by atoms with Crippen molar-refractivity contribution in [3.05, 3.63) is 87.4 Å². The molecule has 29 heavy (non-hydrogen) atoms. The summed E-state index contributed by atoms with van der Waals surface area (Å²) in [6.07, 6.45) is 0. The van der Waals surface area contributed by atoms with Gasteiger partial charge in [0.15, 0.2) is 11.5 Å². The van der Waals surface area contributed by atoms with Crippen molar-refractivity contribution < 1.29 is 14.3 Å². The first-order valence-corrected chi connectivity index (χ1v) is 9.93. The van der Waals surface area contributed by atoms with Gasteiger partial charge in [0.05, 0.1) is 16.7 Å². The molecule has 0 aliphatic carbocycles. The zero-order chi connectivity index (χ0) is 20.8. The summed E-state index contributed by atoms with van der Waals surface area (Å²) in [5.41, 5.74) is 3.25.